The molecule has 1 unspecified atom stereocenters. The van der Waals surface area contributed by atoms with E-state index >= 15 is 0 Å². The highest BCUT2D eigenvalue weighted by Crippen LogP contribution is 2.42. The Morgan fingerprint density at radius 2 is 1.43 bits per heavy atom. The van der Waals surface area contributed by atoms with Crippen molar-refractivity contribution < 1.29 is 0 Å². The van der Waals surface area contributed by atoms with Crippen LogP contribution in [0.1, 0.15) is 18.1 Å². The van der Waals surface area contributed by atoms with E-state index in [0.29, 0.717) is 6.04 Å². The Labute approximate surface area is 165 Å². The maximum absolute atomic E-state index is 4.82. The van der Waals surface area contributed by atoms with Crippen molar-refractivity contribution in [2.24, 2.45) is 0 Å². The average Bonchev–Trinajstić information content (AvgIpc) is 2.76. The molecule has 1 atom stereocenters. The van der Waals surface area contributed by atoms with Crippen molar-refractivity contribution in [2.75, 3.05) is 11.9 Å². The summed E-state index contributed by atoms with van der Waals surface area (Å²) in [5.74, 6) is 0. The molecule has 1 aromatic heterocycles. The van der Waals surface area contributed by atoms with Gasteiger partial charge >= 0.3 is 0 Å². The fraction of sp³-hybridized carbons (Fsp3) is 0.115. The van der Waals surface area contributed by atoms with Gasteiger partial charge in [-0.3, -0.25) is 4.98 Å². The molecule has 0 aliphatic carbocycles. The molecule has 0 saturated carbocycles. The molecule has 1 aliphatic rings. The fourth-order valence-corrected chi connectivity index (χ4v) is 4.16. The second-order valence-corrected chi connectivity index (χ2v) is 7.38. The van der Waals surface area contributed by atoms with Gasteiger partial charge in [-0.2, -0.15) is 0 Å². The third-order valence-corrected chi connectivity index (χ3v) is 5.72. The topological polar surface area (TPSA) is 16.1 Å². The first-order valence-corrected chi connectivity index (χ1v) is 9.71. The van der Waals surface area contributed by atoms with Crippen molar-refractivity contribution in [1.82, 2.24) is 4.98 Å². The maximum Gasteiger partial charge on any atom is 0.0947 e. The van der Waals surface area contributed by atoms with Crippen LogP contribution in [0.15, 0.2) is 91.1 Å². The Bertz CT molecular complexity index is 1180. The molecule has 0 bridgehead atoms. The number of nitrogens with zero attached hydrogens (tertiary/aromatic N) is 2. The van der Waals surface area contributed by atoms with Crippen LogP contribution in [0.2, 0.25) is 0 Å². The zero-order chi connectivity index (χ0) is 19.1. The van der Waals surface area contributed by atoms with Crippen LogP contribution in [0.25, 0.3) is 27.6 Å². The largest absolute Gasteiger partial charge is 0.366 e. The molecule has 136 valence electrons. The average molecular weight is 362 g/mol. The van der Waals surface area contributed by atoms with E-state index in [1.54, 1.807) is 0 Å². The van der Waals surface area contributed by atoms with Crippen molar-refractivity contribution in [2.45, 2.75) is 13.0 Å². The van der Waals surface area contributed by atoms with Gasteiger partial charge in [0, 0.05) is 30.2 Å². The van der Waals surface area contributed by atoms with Crippen molar-refractivity contribution in [1.29, 1.82) is 0 Å². The summed E-state index contributed by atoms with van der Waals surface area (Å²) >= 11 is 0. The van der Waals surface area contributed by atoms with Gasteiger partial charge in [-0.1, -0.05) is 78.9 Å². The van der Waals surface area contributed by atoms with E-state index in [-0.39, 0.29) is 0 Å². The Hall–Kier alpha value is -3.39. The Morgan fingerprint density at radius 3 is 2.14 bits per heavy atom. The van der Waals surface area contributed by atoms with Gasteiger partial charge in [-0.15, -0.1) is 0 Å². The summed E-state index contributed by atoms with van der Waals surface area (Å²) in [4.78, 5) is 7.16. The third kappa shape index (κ3) is 2.61. The van der Waals surface area contributed by atoms with Crippen LogP contribution >= 0.6 is 0 Å². The van der Waals surface area contributed by atoms with Crippen LogP contribution < -0.4 is 4.90 Å². The molecule has 0 N–H and O–H groups in total. The number of likely N-dealkylation sites (N-methyl/N-ethyl adjacent to an activating group) is 1. The van der Waals surface area contributed by atoms with Crippen LogP contribution in [0, 0.1) is 0 Å². The first-order chi connectivity index (χ1) is 13.7. The molecular formula is C26H22N2. The SMILES string of the molecule is CC1C=C(c2ccccc2)c2ccc3c(-c4ccccc4)ccnc3c2N1C. The lowest BCUT2D eigenvalue weighted by Crippen LogP contribution is -2.31. The van der Waals surface area contributed by atoms with E-state index in [1.807, 2.05) is 6.20 Å². The van der Waals surface area contributed by atoms with Gasteiger partial charge in [0.1, 0.15) is 0 Å². The van der Waals surface area contributed by atoms with Gasteiger partial charge < -0.3 is 4.90 Å². The summed E-state index contributed by atoms with van der Waals surface area (Å²) in [6.07, 6.45) is 4.29. The van der Waals surface area contributed by atoms with Crippen molar-refractivity contribution in [3.63, 3.8) is 0 Å². The Kier molecular flexibility index (Phi) is 3.98. The van der Waals surface area contributed by atoms with Gasteiger partial charge in [0.25, 0.3) is 0 Å². The number of pyridine rings is 1. The fourth-order valence-electron chi connectivity index (χ4n) is 4.16. The summed E-state index contributed by atoms with van der Waals surface area (Å²) in [6.45, 7) is 2.24. The third-order valence-electron chi connectivity index (χ3n) is 5.72. The molecule has 2 heteroatoms. The summed E-state index contributed by atoms with van der Waals surface area (Å²) in [5.41, 5.74) is 8.51. The molecular weight excluding hydrogens is 340 g/mol. The predicted octanol–water partition coefficient (Wildman–Crippen LogP) is 6.17. The highest BCUT2D eigenvalue weighted by Gasteiger charge is 2.25. The number of rotatable bonds is 2. The second-order valence-electron chi connectivity index (χ2n) is 7.38. The number of benzene rings is 3. The van der Waals surface area contributed by atoms with Crippen LogP contribution in [0.5, 0.6) is 0 Å². The molecule has 1 aliphatic heterocycles. The first kappa shape index (κ1) is 16.8. The zero-order valence-electron chi connectivity index (χ0n) is 16.1. The van der Waals surface area contributed by atoms with Crippen molar-refractivity contribution in [3.8, 4) is 11.1 Å². The van der Waals surface area contributed by atoms with Gasteiger partial charge in [0.2, 0.25) is 0 Å². The van der Waals surface area contributed by atoms with E-state index in [2.05, 4.69) is 104 Å². The normalized spacial score (nSPS) is 16.0. The first-order valence-electron chi connectivity index (χ1n) is 9.71. The van der Waals surface area contributed by atoms with Crippen molar-refractivity contribution >= 4 is 22.2 Å². The Morgan fingerprint density at radius 1 is 0.750 bits per heavy atom. The number of aromatic nitrogens is 1. The minimum atomic E-state index is 0.301. The molecule has 28 heavy (non-hydrogen) atoms. The molecule has 2 heterocycles. The zero-order valence-corrected chi connectivity index (χ0v) is 16.1. The summed E-state index contributed by atoms with van der Waals surface area (Å²) < 4.78 is 0. The van der Waals surface area contributed by atoms with E-state index < -0.39 is 0 Å². The maximum atomic E-state index is 4.82. The lowest BCUT2D eigenvalue weighted by Gasteiger charge is -2.34. The number of hydrogen-bond acceptors (Lipinski definition) is 2. The summed E-state index contributed by atoms with van der Waals surface area (Å²) in [5, 5.41) is 1.20. The number of anilines is 1. The molecule has 4 aromatic rings. The number of hydrogen-bond donors (Lipinski definition) is 0. The van der Waals surface area contributed by atoms with Gasteiger partial charge in [0.05, 0.1) is 11.2 Å². The molecule has 5 rings (SSSR count). The molecule has 0 saturated heterocycles. The van der Waals surface area contributed by atoms with Crippen molar-refractivity contribution in [3.05, 3.63) is 102 Å². The van der Waals surface area contributed by atoms with Crippen LogP contribution in [-0.4, -0.2) is 18.1 Å². The minimum absolute atomic E-state index is 0.301. The second kappa shape index (κ2) is 6.65. The quantitative estimate of drug-likeness (QED) is 0.424. The molecule has 0 fully saturated rings. The Balaban J connectivity index is 1.78. The number of fused-ring (bicyclic) bond motifs is 3. The molecule has 0 spiro atoms. The van der Waals surface area contributed by atoms with Gasteiger partial charge in [-0.25, -0.2) is 0 Å². The molecule has 3 aromatic carbocycles. The predicted molar refractivity (Wildman–Crippen MR) is 119 cm³/mol. The minimum Gasteiger partial charge on any atom is -0.366 e. The van der Waals surface area contributed by atoms with Gasteiger partial charge in [0.15, 0.2) is 0 Å². The van der Waals surface area contributed by atoms with E-state index in [9.17, 15) is 0 Å². The molecule has 2 nitrogen and oxygen atoms in total. The highest BCUT2D eigenvalue weighted by atomic mass is 15.1. The van der Waals surface area contributed by atoms with Crippen LogP contribution in [0.4, 0.5) is 5.69 Å². The smallest absolute Gasteiger partial charge is 0.0947 e. The monoisotopic (exact) mass is 362 g/mol. The molecule has 0 radical (unpaired) electrons. The van der Waals surface area contributed by atoms with Gasteiger partial charge in [-0.05, 0) is 35.3 Å². The summed E-state index contributed by atoms with van der Waals surface area (Å²) in [7, 11) is 2.16. The molecule has 0 amide bonds. The lowest BCUT2D eigenvalue weighted by atomic mass is 9.88. The van der Waals surface area contributed by atoms with E-state index in [4.69, 9.17) is 4.98 Å². The lowest BCUT2D eigenvalue weighted by molar-refractivity contribution is 0.816. The van der Waals surface area contributed by atoms with E-state index in [1.165, 1.54) is 38.9 Å². The van der Waals surface area contributed by atoms with Crippen LogP contribution in [-0.2, 0) is 0 Å². The standard InChI is InChI=1S/C26H22N2/c1-18-17-24(20-11-7-4-8-12-20)23-14-13-22-21(19-9-5-3-6-10-19)15-16-27-25(22)26(23)28(18)2/h3-18H,1-2H3. The summed E-state index contributed by atoms with van der Waals surface area (Å²) in [6, 6.07) is 28.1. The van der Waals surface area contributed by atoms with Crippen LogP contribution in [0.3, 0.4) is 0 Å². The highest BCUT2D eigenvalue weighted by molar-refractivity contribution is 6.06. The van der Waals surface area contributed by atoms with E-state index in [0.717, 1.165) is 5.52 Å².